The molecule has 3 nitrogen and oxygen atoms in total. The second-order valence-corrected chi connectivity index (χ2v) is 6.12. The van der Waals surface area contributed by atoms with E-state index in [1.165, 1.54) is 0 Å². The molecule has 27 heavy (non-hydrogen) atoms. The van der Waals surface area contributed by atoms with Gasteiger partial charge in [0.25, 0.3) is 12.3 Å². The predicted octanol–water partition coefficient (Wildman–Crippen LogP) is 4.92. The van der Waals surface area contributed by atoms with Gasteiger partial charge in [-0.3, -0.25) is 0 Å². The van der Waals surface area contributed by atoms with Crippen molar-refractivity contribution in [2.75, 3.05) is 0 Å². The van der Waals surface area contributed by atoms with Crippen LogP contribution in [0, 0.1) is 11.3 Å². The number of nitriles is 1. The van der Waals surface area contributed by atoms with Gasteiger partial charge in [-0.2, -0.15) is 18.4 Å². The minimum Gasteiger partial charge on any atom is -0.382 e. The van der Waals surface area contributed by atoms with Crippen molar-refractivity contribution >= 4 is 0 Å². The first kappa shape index (κ1) is 19.2. The van der Waals surface area contributed by atoms with Gasteiger partial charge in [-0.1, -0.05) is 0 Å². The fourth-order valence-corrected chi connectivity index (χ4v) is 3.19. The van der Waals surface area contributed by atoms with Gasteiger partial charge < -0.3 is 9.67 Å². The largest absolute Gasteiger partial charge is 0.418 e. The molecule has 1 aliphatic carbocycles. The molecule has 1 aromatic carbocycles. The predicted molar refractivity (Wildman–Crippen MR) is 78.7 cm³/mol. The quantitative estimate of drug-likeness (QED) is 0.738. The van der Waals surface area contributed by atoms with Gasteiger partial charge in [-0.05, 0) is 24.6 Å². The maximum Gasteiger partial charge on any atom is 0.418 e. The van der Waals surface area contributed by atoms with E-state index >= 15 is 0 Å². The van der Waals surface area contributed by atoms with Gasteiger partial charge >= 0.3 is 6.18 Å². The van der Waals surface area contributed by atoms with Crippen LogP contribution in [-0.4, -0.2) is 15.6 Å². The number of aliphatic hydroxyl groups excluding tert-OH is 1. The summed E-state index contributed by atoms with van der Waals surface area (Å²) in [6, 6.07) is 4.55. The second kappa shape index (κ2) is 6.27. The molecule has 0 saturated carbocycles. The molecule has 10 heteroatoms. The molecule has 1 N–H and O–H groups in total. The van der Waals surface area contributed by atoms with Crippen LogP contribution < -0.4 is 0 Å². The lowest BCUT2D eigenvalue weighted by atomic mass is 9.89. The second-order valence-electron chi connectivity index (χ2n) is 6.12. The van der Waals surface area contributed by atoms with Crippen LogP contribution in [0.25, 0.3) is 5.69 Å². The lowest BCUT2D eigenvalue weighted by molar-refractivity contribution is -0.147. The lowest BCUT2D eigenvalue weighted by Gasteiger charge is -2.29. The Balaban J connectivity index is 2.25. The van der Waals surface area contributed by atoms with Crippen LogP contribution in [0.15, 0.2) is 24.4 Å². The number of alkyl halides is 7. The molecular weight excluding hydrogens is 381 g/mol. The van der Waals surface area contributed by atoms with Crippen LogP contribution in [0.3, 0.4) is 0 Å². The molecule has 0 saturated heterocycles. The van der Waals surface area contributed by atoms with Crippen molar-refractivity contribution in [1.29, 1.82) is 5.26 Å². The summed E-state index contributed by atoms with van der Waals surface area (Å²) in [7, 11) is 0. The highest BCUT2D eigenvalue weighted by Gasteiger charge is 2.50. The van der Waals surface area contributed by atoms with Gasteiger partial charge in [0.05, 0.1) is 17.2 Å². The molecule has 0 amide bonds. The summed E-state index contributed by atoms with van der Waals surface area (Å²) >= 11 is 0. The van der Waals surface area contributed by atoms with Crippen molar-refractivity contribution < 1.29 is 35.8 Å². The summed E-state index contributed by atoms with van der Waals surface area (Å²) in [6.07, 6.45) is -11.6. The molecule has 144 valence electrons. The van der Waals surface area contributed by atoms with Crippen LogP contribution in [0.1, 0.15) is 46.9 Å². The van der Waals surface area contributed by atoms with E-state index in [0.717, 1.165) is 22.8 Å². The van der Waals surface area contributed by atoms with Crippen LogP contribution in [0.2, 0.25) is 0 Å². The molecule has 1 aliphatic rings. The highest BCUT2D eigenvalue weighted by atomic mass is 19.4. The summed E-state index contributed by atoms with van der Waals surface area (Å²) in [5.41, 5.74) is -3.82. The number of benzene rings is 1. The van der Waals surface area contributed by atoms with E-state index in [-0.39, 0.29) is 16.9 Å². The SMILES string of the molecule is N#Cc1ccc(-n2cc(C(F)(F)F)c3c2CCC(F)(F)[C@H]3O)cc1C(F)F. The van der Waals surface area contributed by atoms with Gasteiger partial charge in [-0.25, -0.2) is 17.6 Å². The molecule has 1 heterocycles. The smallest absolute Gasteiger partial charge is 0.382 e. The normalized spacial score (nSPS) is 19.0. The van der Waals surface area contributed by atoms with Gasteiger partial charge in [-0.15, -0.1) is 0 Å². The fraction of sp³-hybridized carbons (Fsp3) is 0.353. The standard InChI is InChI=1S/C17H11F7N2O/c18-15(19)10-5-9(2-1-8(10)6-25)26-7-11(17(22,23)24)13-12(26)3-4-16(20,21)14(13)27/h1-2,5,7,14-15,27H,3-4H2/t14-/m0/s1. The molecule has 0 radical (unpaired) electrons. The molecule has 1 aromatic heterocycles. The zero-order chi connectivity index (χ0) is 20.1. The third-order valence-electron chi connectivity index (χ3n) is 4.49. The highest BCUT2D eigenvalue weighted by Crippen LogP contribution is 2.48. The number of rotatable bonds is 2. The van der Waals surface area contributed by atoms with Crippen LogP contribution in [0.5, 0.6) is 0 Å². The summed E-state index contributed by atoms with van der Waals surface area (Å²) in [5.74, 6) is -3.74. The van der Waals surface area contributed by atoms with Crippen LogP contribution in [-0.2, 0) is 12.6 Å². The molecule has 0 unspecified atom stereocenters. The van der Waals surface area contributed by atoms with Crippen LogP contribution >= 0.6 is 0 Å². The Morgan fingerprint density at radius 3 is 2.48 bits per heavy atom. The highest BCUT2D eigenvalue weighted by molar-refractivity contribution is 5.51. The molecule has 0 fully saturated rings. The van der Waals surface area contributed by atoms with Gasteiger partial charge in [0, 0.05) is 35.1 Å². The Bertz CT molecular complexity index is 925. The maximum absolute atomic E-state index is 13.8. The zero-order valence-corrected chi connectivity index (χ0v) is 13.4. The third-order valence-corrected chi connectivity index (χ3v) is 4.49. The maximum atomic E-state index is 13.8. The Hall–Kier alpha value is -2.54. The Labute approximate surface area is 148 Å². The molecule has 0 bridgehead atoms. The fourth-order valence-electron chi connectivity index (χ4n) is 3.19. The molecule has 3 rings (SSSR count). The summed E-state index contributed by atoms with van der Waals surface area (Å²) in [4.78, 5) is 0. The van der Waals surface area contributed by atoms with E-state index < -0.39 is 54.2 Å². The first-order valence-corrected chi connectivity index (χ1v) is 7.67. The number of fused-ring (bicyclic) bond motifs is 1. The van der Waals surface area contributed by atoms with E-state index in [1.807, 2.05) is 0 Å². The number of hydrogen-bond donors (Lipinski definition) is 1. The Kier molecular flexibility index (Phi) is 4.46. The third kappa shape index (κ3) is 3.16. The molecule has 0 spiro atoms. The molecule has 1 atom stereocenters. The summed E-state index contributed by atoms with van der Waals surface area (Å²) < 4.78 is 94.6. The molecule has 2 aromatic rings. The van der Waals surface area contributed by atoms with Crippen molar-refractivity contribution in [3.63, 3.8) is 0 Å². The Morgan fingerprint density at radius 1 is 1.26 bits per heavy atom. The number of aromatic nitrogens is 1. The number of nitrogens with zero attached hydrogens (tertiary/aromatic N) is 2. The first-order chi connectivity index (χ1) is 12.5. The van der Waals surface area contributed by atoms with E-state index in [4.69, 9.17) is 5.26 Å². The van der Waals surface area contributed by atoms with E-state index in [2.05, 4.69) is 0 Å². The Morgan fingerprint density at radius 2 is 1.93 bits per heavy atom. The number of aliphatic hydroxyl groups is 1. The van der Waals surface area contributed by atoms with Crippen molar-refractivity contribution in [3.05, 3.63) is 52.3 Å². The van der Waals surface area contributed by atoms with E-state index in [1.54, 1.807) is 6.07 Å². The monoisotopic (exact) mass is 392 g/mol. The topological polar surface area (TPSA) is 49.0 Å². The van der Waals surface area contributed by atoms with Crippen LogP contribution in [0.4, 0.5) is 30.7 Å². The van der Waals surface area contributed by atoms with E-state index in [0.29, 0.717) is 6.20 Å². The van der Waals surface area contributed by atoms with Gasteiger partial charge in [0.15, 0.2) is 0 Å². The van der Waals surface area contributed by atoms with Crippen molar-refractivity contribution in [1.82, 2.24) is 4.57 Å². The minimum atomic E-state index is -5.03. The summed E-state index contributed by atoms with van der Waals surface area (Å²) in [6.45, 7) is 0. The molecular formula is C17H11F7N2O. The zero-order valence-electron chi connectivity index (χ0n) is 13.4. The summed E-state index contributed by atoms with van der Waals surface area (Å²) in [5, 5.41) is 18.7. The molecule has 0 aliphatic heterocycles. The van der Waals surface area contributed by atoms with Gasteiger partial charge in [0.2, 0.25) is 0 Å². The first-order valence-electron chi connectivity index (χ1n) is 7.67. The average molecular weight is 392 g/mol. The van der Waals surface area contributed by atoms with Crippen molar-refractivity contribution in [2.24, 2.45) is 0 Å². The lowest BCUT2D eigenvalue weighted by Crippen LogP contribution is -2.33. The number of halogens is 7. The average Bonchev–Trinajstić information content (AvgIpc) is 2.98. The minimum absolute atomic E-state index is 0.145. The van der Waals surface area contributed by atoms with Gasteiger partial charge in [0.1, 0.15) is 6.10 Å². The van der Waals surface area contributed by atoms with E-state index in [9.17, 15) is 35.8 Å². The number of hydrogen-bond acceptors (Lipinski definition) is 2. The van der Waals surface area contributed by atoms with Crippen molar-refractivity contribution in [3.8, 4) is 11.8 Å². The van der Waals surface area contributed by atoms with Crippen molar-refractivity contribution in [2.45, 2.75) is 37.5 Å².